The molecule has 150 valence electrons. The van der Waals surface area contributed by atoms with Crippen LogP contribution in [-0.4, -0.2) is 14.3 Å². The predicted molar refractivity (Wildman–Crippen MR) is 110 cm³/mol. The number of carbonyl (C=O) groups excluding carboxylic acids is 1. The molecule has 0 spiro atoms. The van der Waals surface area contributed by atoms with Gasteiger partial charge in [-0.2, -0.15) is 8.42 Å². The van der Waals surface area contributed by atoms with Gasteiger partial charge in [0, 0.05) is 5.92 Å². The van der Waals surface area contributed by atoms with Crippen LogP contribution in [0.2, 0.25) is 0 Å². The third-order valence-corrected chi connectivity index (χ3v) is 5.93. The molecule has 0 bridgehead atoms. The topological polar surface area (TPSA) is 72.5 Å². The van der Waals surface area contributed by atoms with E-state index in [1.165, 1.54) is 0 Å². The van der Waals surface area contributed by atoms with Crippen LogP contribution in [0.15, 0.2) is 48.5 Å². The van der Waals surface area contributed by atoms with Crippen molar-refractivity contribution >= 4 is 16.2 Å². The van der Waals surface area contributed by atoms with E-state index in [2.05, 4.69) is 4.72 Å². The molecule has 0 radical (unpaired) electrons. The van der Waals surface area contributed by atoms with E-state index in [-0.39, 0.29) is 23.7 Å². The fraction of sp³-hybridized carbons (Fsp3) is 0.409. The summed E-state index contributed by atoms with van der Waals surface area (Å²) >= 11 is 0. The van der Waals surface area contributed by atoms with Gasteiger partial charge in [-0.1, -0.05) is 76.2 Å². The van der Waals surface area contributed by atoms with Gasteiger partial charge in [0.15, 0.2) is 5.75 Å². The molecule has 0 heterocycles. The minimum atomic E-state index is -4.26. The molecule has 0 aliphatic heterocycles. The molecule has 1 aliphatic rings. The molecule has 1 aliphatic carbocycles. The molecule has 2 atom stereocenters. The van der Waals surface area contributed by atoms with Crippen LogP contribution < -0.4 is 8.91 Å². The minimum absolute atomic E-state index is 0.0607. The van der Waals surface area contributed by atoms with Gasteiger partial charge < -0.3 is 4.18 Å². The fourth-order valence-electron chi connectivity index (χ4n) is 3.46. The van der Waals surface area contributed by atoms with Crippen molar-refractivity contribution in [3.8, 4) is 5.75 Å². The summed E-state index contributed by atoms with van der Waals surface area (Å²) in [5, 5.41) is 0. The largest absolute Gasteiger partial charge is 0.409 e. The Morgan fingerprint density at radius 1 is 0.964 bits per heavy atom. The van der Waals surface area contributed by atoms with Gasteiger partial charge in [0.05, 0.1) is 0 Å². The minimum Gasteiger partial charge on any atom is -0.366 e. The van der Waals surface area contributed by atoms with E-state index in [1.54, 1.807) is 0 Å². The summed E-state index contributed by atoms with van der Waals surface area (Å²) in [5.41, 5.74) is 2.66. The van der Waals surface area contributed by atoms with E-state index in [0.717, 1.165) is 16.7 Å². The molecular formula is C22H27NO4S. The fourth-order valence-corrected chi connectivity index (χ4v) is 4.31. The number of hydrogen-bond donors (Lipinski definition) is 1. The molecule has 2 aromatic carbocycles. The first-order valence-corrected chi connectivity index (χ1v) is 11.0. The van der Waals surface area contributed by atoms with Crippen LogP contribution in [0.4, 0.5) is 0 Å². The second kappa shape index (κ2) is 7.95. The van der Waals surface area contributed by atoms with E-state index < -0.39 is 16.2 Å². The zero-order valence-electron chi connectivity index (χ0n) is 16.7. The molecular weight excluding hydrogens is 374 g/mol. The lowest BCUT2D eigenvalue weighted by Gasteiger charge is -2.19. The number of hydrogen-bond acceptors (Lipinski definition) is 4. The van der Waals surface area contributed by atoms with E-state index in [0.29, 0.717) is 12.2 Å². The second-order valence-electron chi connectivity index (χ2n) is 7.94. The van der Waals surface area contributed by atoms with Crippen molar-refractivity contribution in [1.82, 2.24) is 4.72 Å². The van der Waals surface area contributed by atoms with Crippen LogP contribution in [0.1, 0.15) is 68.6 Å². The molecule has 0 aromatic heterocycles. The van der Waals surface area contributed by atoms with Crippen molar-refractivity contribution < 1.29 is 17.4 Å². The number of carbonyl (C=O) groups is 1. The number of para-hydroxylation sites is 1. The highest BCUT2D eigenvalue weighted by molar-refractivity contribution is 7.85. The van der Waals surface area contributed by atoms with Crippen LogP contribution in [0.25, 0.3) is 0 Å². The van der Waals surface area contributed by atoms with Crippen molar-refractivity contribution in [2.24, 2.45) is 5.92 Å². The van der Waals surface area contributed by atoms with Gasteiger partial charge in [0.2, 0.25) is 5.91 Å². The molecule has 28 heavy (non-hydrogen) atoms. The summed E-state index contributed by atoms with van der Waals surface area (Å²) in [7, 11) is -4.26. The Bertz CT molecular complexity index is 926. The standard InChI is InChI=1S/C22H27NO4S/c1-14(2)17-11-8-12-18(15(3)4)21(17)27-28(25,26)23-22(24)20-13-19(20)16-9-6-5-7-10-16/h5-12,14-15,19-20H,13H2,1-4H3,(H,23,24). The Balaban J connectivity index is 1.75. The van der Waals surface area contributed by atoms with E-state index in [4.69, 9.17) is 4.18 Å². The zero-order valence-corrected chi connectivity index (χ0v) is 17.5. The van der Waals surface area contributed by atoms with Crippen molar-refractivity contribution in [3.63, 3.8) is 0 Å². The van der Waals surface area contributed by atoms with Crippen LogP contribution in [-0.2, 0) is 15.1 Å². The monoisotopic (exact) mass is 401 g/mol. The molecule has 1 N–H and O–H groups in total. The summed E-state index contributed by atoms with van der Waals surface area (Å²) in [4.78, 5) is 12.5. The van der Waals surface area contributed by atoms with Crippen molar-refractivity contribution in [1.29, 1.82) is 0 Å². The second-order valence-corrected chi connectivity index (χ2v) is 9.22. The van der Waals surface area contributed by atoms with E-state index in [9.17, 15) is 13.2 Å². The van der Waals surface area contributed by atoms with Gasteiger partial charge in [-0.25, -0.2) is 4.72 Å². The lowest BCUT2D eigenvalue weighted by atomic mass is 9.94. The molecule has 2 unspecified atom stereocenters. The first-order chi connectivity index (χ1) is 13.2. The lowest BCUT2D eigenvalue weighted by molar-refractivity contribution is -0.120. The molecule has 3 rings (SSSR count). The third kappa shape index (κ3) is 4.55. The SMILES string of the molecule is CC(C)c1cccc(C(C)C)c1OS(=O)(=O)NC(=O)C1CC1c1ccccc1. The molecule has 1 saturated carbocycles. The van der Waals surface area contributed by atoms with Gasteiger partial charge in [-0.3, -0.25) is 4.79 Å². The van der Waals surface area contributed by atoms with E-state index in [1.807, 2.05) is 76.2 Å². The number of amides is 1. The lowest BCUT2D eigenvalue weighted by Crippen LogP contribution is -2.35. The number of nitrogens with one attached hydrogen (secondary N) is 1. The van der Waals surface area contributed by atoms with E-state index >= 15 is 0 Å². The van der Waals surface area contributed by atoms with Gasteiger partial charge in [-0.05, 0) is 40.9 Å². The molecule has 1 amide bonds. The number of rotatable bonds is 7. The van der Waals surface area contributed by atoms with Gasteiger partial charge in [0.25, 0.3) is 0 Å². The van der Waals surface area contributed by atoms with Crippen molar-refractivity contribution in [2.45, 2.75) is 51.9 Å². The highest BCUT2D eigenvalue weighted by Gasteiger charge is 2.45. The zero-order chi connectivity index (χ0) is 20.5. The van der Waals surface area contributed by atoms with Crippen LogP contribution >= 0.6 is 0 Å². The normalized spacial score (nSPS) is 18.9. The third-order valence-electron chi connectivity index (χ3n) is 5.09. The summed E-state index contributed by atoms with van der Waals surface area (Å²) in [6.07, 6.45) is 0.644. The average Bonchev–Trinajstić information content (AvgIpc) is 3.42. The summed E-state index contributed by atoms with van der Waals surface area (Å²) in [5.74, 6) is -0.294. The maximum absolute atomic E-state index is 12.6. The molecule has 1 fully saturated rings. The van der Waals surface area contributed by atoms with Crippen LogP contribution in [0.5, 0.6) is 5.75 Å². The summed E-state index contributed by atoms with van der Waals surface area (Å²) < 4.78 is 32.7. The van der Waals surface area contributed by atoms with Gasteiger partial charge >= 0.3 is 10.3 Å². The van der Waals surface area contributed by atoms with Gasteiger partial charge in [-0.15, -0.1) is 0 Å². The van der Waals surface area contributed by atoms with Crippen molar-refractivity contribution in [3.05, 3.63) is 65.2 Å². The number of benzene rings is 2. The first kappa shape index (κ1) is 20.4. The highest BCUT2D eigenvalue weighted by atomic mass is 32.2. The molecule has 0 saturated heterocycles. The highest BCUT2D eigenvalue weighted by Crippen LogP contribution is 2.47. The average molecular weight is 402 g/mol. The first-order valence-electron chi connectivity index (χ1n) is 9.63. The van der Waals surface area contributed by atoms with Crippen molar-refractivity contribution in [2.75, 3.05) is 0 Å². The molecule has 6 heteroatoms. The Labute approximate surface area is 167 Å². The Hall–Kier alpha value is -2.34. The maximum Gasteiger partial charge on any atom is 0.409 e. The summed E-state index contributed by atoms with van der Waals surface area (Å²) in [6.45, 7) is 7.91. The van der Waals surface area contributed by atoms with Gasteiger partial charge in [0.1, 0.15) is 0 Å². The van der Waals surface area contributed by atoms with Crippen LogP contribution in [0, 0.1) is 5.92 Å². The quantitative estimate of drug-likeness (QED) is 0.743. The Morgan fingerprint density at radius 3 is 2.07 bits per heavy atom. The molecule has 2 aromatic rings. The predicted octanol–water partition coefficient (Wildman–Crippen LogP) is 4.48. The smallest absolute Gasteiger partial charge is 0.366 e. The summed E-state index contributed by atoms with van der Waals surface area (Å²) in [6, 6.07) is 15.3. The van der Waals surface area contributed by atoms with Crippen LogP contribution in [0.3, 0.4) is 0 Å². The maximum atomic E-state index is 12.6. The Morgan fingerprint density at radius 2 is 1.54 bits per heavy atom. The molecule has 5 nitrogen and oxygen atoms in total. The Kier molecular flexibility index (Phi) is 5.79.